The van der Waals surface area contributed by atoms with E-state index < -0.39 is 6.03 Å². The number of nitrogens with one attached hydrogen (secondary N) is 1. The molecule has 28 heavy (non-hydrogen) atoms. The van der Waals surface area contributed by atoms with Crippen molar-refractivity contribution in [1.82, 2.24) is 15.2 Å². The lowest BCUT2D eigenvalue weighted by Crippen LogP contribution is -2.48. The molecule has 9 nitrogen and oxygen atoms in total. The normalized spacial score (nSPS) is 10.4. The van der Waals surface area contributed by atoms with E-state index in [0.29, 0.717) is 29.5 Å². The summed E-state index contributed by atoms with van der Waals surface area (Å²) in [5, 5.41) is 5.31. The minimum Gasteiger partial charge on any atom is -0.493 e. The number of nitrogens with two attached hydrogens (primary N) is 2. The number of hydrogen-bond acceptors (Lipinski definition) is 6. The van der Waals surface area contributed by atoms with Crippen molar-refractivity contribution in [3.05, 3.63) is 66.4 Å². The van der Waals surface area contributed by atoms with E-state index in [9.17, 15) is 4.79 Å². The summed E-state index contributed by atoms with van der Waals surface area (Å²) in [4.78, 5) is 11.8. The number of benzene rings is 2. The first-order chi connectivity index (χ1) is 13.6. The lowest BCUT2D eigenvalue weighted by atomic mass is 10.1. The number of hydrogen-bond donors (Lipinski definition) is 3. The quantitative estimate of drug-likeness (QED) is 0.327. The second-order valence-corrected chi connectivity index (χ2v) is 5.73. The van der Waals surface area contributed by atoms with Crippen LogP contribution in [0, 0.1) is 0 Å². The molecule has 2 amide bonds. The molecule has 1 aromatic heterocycles. The molecular formula is C19H22N6O3. The maximum absolute atomic E-state index is 11.8. The van der Waals surface area contributed by atoms with Crippen LogP contribution in [0.2, 0.25) is 0 Å². The third kappa shape index (κ3) is 4.22. The molecule has 0 fully saturated rings. The Morgan fingerprint density at radius 3 is 2.64 bits per heavy atom. The number of ether oxygens (including phenoxy) is 2. The Morgan fingerprint density at radius 1 is 1.14 bits per heavy atom. The Kier molecular flexibility index (Phi) is 6.10. The van der Waals surface area contributed by atoms with Gasteiger partial charge in [-0.25, -0.2) is 26.2 Å². The van der Waals surface area contributed by atoms with Gasteiger partial charge >= 0.3 is 6.03 Å². The van der Waals surface area contributed by atoms with Crippen LogP contribution in [0.3, 0.4) is 0 Å². The van der Waals surface area contributed by atoms with E-state index in [0.717, 1.165) is 10.7 Å². The SMILES string of the molecule is CCOc1cccc(N(N)C(=O)NN)c1COc1ccn(-c2ccccc2)n1. The second kappa shape index (κ2) is 8.89. The topological polar surface area (TPSA) is 121 Å². The Morgan fingerprint density at radius 2 is 1.93 bits per heavy atom. The van der Waals surface area contributed by atoms with E-state index in [1.165, 1.54) is 0 Å². The number of carbonyl (C=O) groups excluding carboxylic acids is 1. The van der Waals surface area contributed by atoms with Crippen molar-refractivity contribution in [3.8, 4) is 17.3 Å². The Hall–Kier alpha value is -3.56. The van der Waals surface area contributed by atoms with Gasteiger partial charge in [-0.05, 0) is 31.2 Å². The van der Waals surface area contributed by atoms with E-state index in [2.05, 4.69) is 5.10 Å². The number of aromatic nitrogens is 2. The number of amides is 2. The summed E-state index contributed by atoms with van der Waals surface area (Å²) in [6.07, 6.45) is 1.80. The summed E-state index contributed by atoms with van der Waals surface area (Å²) in [5.74, 6) is 12.0. The monoisotopic (exact) mass is 382 g/mol. The van der Waals surface area contributed by atoms with Gasteiger partial charge in [0.2, 0.25) is 5.88 Å². The molecular weight excluding hydrogens is 360 g/mol. The second-order valence-electron chi connectivity index (χ2n) is 5.73. The van der Waals surface area contributed by atoms with Crippen molar-refractivity contribution in [2.75, 3.05) is 11.6 Å². The van der Waals surface area contributed by atoms with Gasteiger partial charge < -0.3 is 9.47 Å². The highest BCUT2D eigenvalue weighted by Gasteiger charge is 2.19. The summed E-state index contributed by atoms with van der Waals surface area (Å²) >= 11 is 0. The van der Waals surface area contributed by atoms with Gasteiger partial charge in [0, 0.05) is 12.3 Å². The largest absolute Gasteiger partial charge is 0.493 e. The van der Waals surface area contributed by atoms with Gasteiger partial charge in [-0.1, -0.05) is 24.3 Å². The number of urea groups is 1. The van der Waals surface area contributed by atoms with E-state index in [4.69, 9.17) is 21.2 Å². The number of rotatable bonds is 7. The van der Waals surface area contributed by atoms with Gasteiger partial charge in [0.05, 0.1) is 23.5 Å². The molecule has 0 aliphatic carbocycles. The third-order valence-corrected chi connectivity index (χ3v) is 3.96. The van der Waals surface area contributed by atoms with Crippen LogP contribution in [0.4, 0.5) is 10.5 Å². The number of carbonyl (C=O) groups is 1. The molecule has 3 rings (SSSR count). The van der Waals surface area contributed by atoms with E-state index in [1.807, 2.05) is 42.7 Å². The number of nitrogens with zero attached hydrogens (tertiary/aromatic N) is 3. The Labute approximate surface area is 162 Å². The molecule has 0 aliphatic rings. The van der Waals surface area contributed by atoms with Crippen LogP contribution in [0.15, 0.2) is 60.8 Å². The first kappa shape index (κ1) is 19.2. The maximum Gasteiger partial charge on any atom is 0.350 e. The maximum atomic E-state index is 11.8. The summed E-state index contributed by atoms with van der Waals surface area (Å²) < 4.78 is 13.2. The van der Waals surface area contributed by atoms with Crippen LogP contribution in [0.5, 0.6) is 11.6 Å². The molecule has 0 atom stereocenters. The first-order valence-electron chi connectivity index (χ1n) is 8.68. The molecule has 5 N–H and O–H groups in total. The molecule has 0 saturated heterocycles. The molecule has 0 bridgehead atoms. The lowest BCUT2D eigenvalue weighted by molar-refractivity contribution is 0.246. The molecule has 2 aromatic carbocycles. The van der Waals surface area contributed by atoms with Crippen molar-refractivity contribution < 1.29 is 14.3 Å². The van der Waals surface area contributed by atoms with Crippen LogP contribution in [-0.4, -0.2) is 22.4 Å². The van der Waals surface area contributed by atoms with Gasteiger partial charge in [-0.3, -0.25) is 5.43 Å². The van der Waals surface area contributed by atoms with Crippen LogP contribution >= 0.6 is 0 Å². The van der Waals surface area contributed by atoms with Crippen molar-refractivity contribution in [3.63, 3.8) is 0 Å². The van der Waals surface area contributed by atoms with Gasteiger partial charge in [0.1, 0.15) is 12.4 Å². The zero-order chi connectivity index (χ0) is 19.9. The fourth-order valence-corrected chi connectivity index (χ4v) is 2.65. The summed E-state index contributed by atoms with van der Waals surface area (Å²) in [6.45, 7) is 2.42. The highest BCUT2D eigenvalue weighted by atomic mass is 16.5. The average Bonchev–Trinajstić information content (AvgIpc) is 3.21. The molecule has 3 aromatic rings. The first-order valence-corrected chi connectivity index (χ1v) is 8.68. The standard InChI is InChI=1S/C19H22N6O3/c1-2-27-17-10-6-9-16(25(21)19(26)22-20)15(17)13-28-18-11-12-24(23-18)14-7-4-3-5-8-14/h3-12H,2,13,20-21H2,1H3,(H,22,26). The minimum absolute atomic E-state index is 0.100. The lowest BCUT2D eigenvalue weighted by Gasteiger charge is -2.21. The minimum atomic E-state index is -0.664. The van der Waals surface area contributed by atoms with Crippen molar-refractivity contribution >= 4 is 11.7 Å². The highest BCUT2D eigenvalue weighted by Crippen LogP contribution is 2.30. The smallest absolute Gasteiger partial charge is 0.350 e. The van der Waals surface area contributed by atoms with Gasteiger partial charge in [-0.2, -0.15) is 0 Å². The highest BCUT2D eigenvalue weighted by molar-refractivity contribution is 5.91. The number of hydrazine groups is 2. The molecule has 1 heterocycles. The zero-order valence-corrected chi connectivity index (χ0v) is 15.4. The number of para-hydroxylation sites is 1. The van der Waals surface area contributed by atoms with Gasteiger partial charge in [-0.15, -0.1) is 5.10 Å². The van der Waals surface area contributed by atoms with Gasteiger partial charge in [0.15, 0.2) is 0 Å². The van der Waals surface area contributed by atoms with Gasteiger partial charge in [0.25, 0.3) is 0 Å². The van der Waals surface area contributed by atoms with Crippen molar-refractivity contribution in [2.24, 2.45) is 11.7 Å². The molecule has 146 valence electrons. The third-order valence-electron chi connectivity index (χ3n) is 3.96. The van der Waals surface area contributed by atoms with E-state index in [1.54, 1.807) is 35.1 Å². The van der Waals surface area contributed by atoms with Crippen LogP contribution < -0.4 is 31.6 Å². The summed E-state index contributed by atoms with van der Waals surface area (Å²) in [5.41, 5.74) is 3.93. The molecule has 0 aliphatic heterocycles. The molecule has 0 saturated carbocycles. The molecule has 9 heteroatoms. The van der Waals surface area contributed by atoms with Crippen LogP contribution in [0.25, 0.3) is 5.69 Å². The van der Waals surface area contributed by atoms with E-state index in [-0.39, 0.29) is 6.61 Å². The summed E-state index contributed by atoms with van der Waals surface area (Å²) in [6, 6.07) is 16.0. The number of anilines is 1. The molecule has 0 radical (unpaired) electrons. The fourth-order valence-electron chi connectivity index (χ4n) is 2.65. The molecule has 0 spiro atoms. The van der Waals surface area contributed by atoms with Crippen LogP contribution in [-0.2, 0) is 6.61 Å². The molecule has 0 unspecified atom stereocenters. The predicted molar refractivity (Wildman–Crippen MR) is 105 cm³/mol. The Bertz CT molecular complexity index is 928. The van der Waals surface area contributed by atoms with Crippen LogP contribution in [0.1, 0.15) is 12.5 Å². The van der Waals surface area contributed by atoms with Crippen molar-refractivity contribution in [2.45, 2.75) is 13.5 Å². The zero-order valence-electron chi connectivity index (χ0n) is 15.4. The Balaban J connectivity index is 1.83. The fraction of sp³-hybridized carbons (Fsp3) is 0.158. The predicted octanol–water partition coefficient (Wildman–Crippen LogP) is 2.11. The average molecular weight is 382 g/mol. The van der Waals surface area contributed by atoms with Crippen molar-refractivity contribution in [1.29, 1.82) is 0 Å². The van der Waals surface area contributed by atoms with E-state index >= 15 is 0 Å². The summed E-state index contributed by atoms with van der Waals surface area (Å²) in [7, 11) is 0.